The van der Waals surface area contributed by atoms with Gasteiger partial charge < -0.3 is 4.98 Å². The zero-order chi connectivity index (χ0) is 22.9. The highest BCUT2D eigenvalue weighted by molar-refractivity contribution is 7.89. The fraction of sp³-hybridized carbons (Fsp3) is 0.174. The van der Waals surface area contributed by atoms with Gasteiger partial charge in [0.2, 0.25) is 10.0 Å². The summed E-state index contributed by atoms with van der Waals surface area (Å²) in [7, 11) is -2.26. The molecule has 4 aromatic rings. The maximum atomic E-state index is 12.7. The first-order valence-electron chi connectivity index (χ1n) is 9.85. The number of hydrogen-bond acceptors (Lipinski definition) is 3. The normalized spacial score (nSPS) is 12.4. The number of H-pyrrole nitrogens is 1. The van der Waals surface area contributed by atoms with Gasteiger partial charge in [0.05, 0.1) is 21.5 Å². The number of nitrogens with zero attached hydrogens (tertiary/aromatic N) is 1. The first-order chi connectivity index (χ1) is 15.2. The molecule has 0 saturated heterocycles. The molecule has 5 nitrogen and oxygen atoms in total. The molecule has 0 aliphatic heterocycles. The molecule has 166 valence electrons. The number of benzene rings is 3. The van der Waals surface area contributed by atoms with E-state index in [4.69, 9.17) is 0 Å². The van der Waals surface area contributed by atoms with Gasteiger partial charge in [-0.05, 0) is 54.9 Å². The summed E-state index contributed by atoms with van der Waals surface area (Å²) < 4.78 is 65.2. The lowest BCUT2D eigenvalue weighted by atomic mass is 10.1. The van der Waals surface area contributed by atoms with Crippen LogP contribution < -0.4 is 4.72 Å². The average Bonchev–Trinajstić information content (AvgIpc) is 3.19. The highest BCUT2D eigenvalue weighted by Crippen LogP contribution is 2.30. The van der Waals surface area contributed by atoms with Gasteiger partial charge in [0.1, 0.15) is 5.82 Å². The molecular formula is C23H20F3N3O2S. The molecule has 0 unspecified atom stereocenters. The summed E-state index contributed by atoms with van der Waals surface area (Å²) in [6.07, 6.45) is -3.28. The number of aromatic nitrogens is 2. The van der Waals surface area contributed by atoms with E-state index in [0.717, 1.165) is 23.2 Å². The second-order valence-electron chi connectivity index (χ2n) is 7.31. The Kier molecular flexibility index (Phi) is 5.79. The Bertz CT molecular complexity index is 1360. The van der Waals surface area contributed by atoms with Crippen LogP contribution in [-0.2, 0) is 29.0 Å². The summed E-state index contributed by atoms with van der Waals surface area (Å²) in [6, 6.07) is 17.3. The van der Waals surface area contributed by atoms with Crippen LogP contribution in [0.5, 0.6) is 0 Å². The Balaban J connectivity index is 1.57. The zero-order valence-corrected chi connectivity index (χ0v) is 17.9. The van der Waals surface area contributed by atoms with Crippen molar-refractivity contribution in [1.82, 2.24) is 14.7 Å². The zero-order valence-electron chi connectivity index (χ0n) is 17.1. The van der Waals surface area contributed by atoms with Crippen LogP contribution in [0.15, 0.2) is 71.6 Å². The van der Waals surface area contributed by atoms with Crippen molar-refractivity contribution < 1.29 is 21.6 Å². The Hall–Kier alpha value is -3.17. The molecule has 0 atom stereocenters. The lowest BCUT2D eigenvalue weighted by Crippen LogP contribution is -2.19. The third-order valence-corrected chi connectivity index (χ3v) is 6.69. The van der Waals surface area contributed by atoms with E-state index < -0.39 is 21.8 Å². The van der Waals surface area contributed by atoms with Gasteiger partial charge in [-0.25, -0.2) is 18.1 Å². The van der Waals surface area contributed by atoms with Crippen molar-refractivity contribution in [3.8, 4) is 11.1 Å². The molecular weight excluding hydrogens is 439 g/mol. The predicted octanol–water partition coefficient (Wildman–Crippen LogP) is 4.94. The van der Waals surface area contributed by atoms with Gasteiger partial charge >= 0.3 is 6.18 Å². The fourth-order valence-electron chi connectivity index (χ4n) is 3.52. The number of alkyl halides is 3. The van der Waals surface area contributed by atoms with Crippen LogP contribution >= 0.6 is 0 Å². The molecule has 0 amide bonds. The second-order valence-corrected chi connectivity index (χ2v) is 9.17. The first kappa shape index (κ1) is 22.0. The average molecular weight is 459 g/mol. The molecule has 32 heavy (non-hydrogen) atoms. The standard InChI is InChI=1S/C23H20F3N3O2S/c1-27-32(30,31)21-5-3-2-4-18(21)16-9-12-19-20(14-16)29-22(28-19)13-8-15-6-10-17(11-7-15)23(24,25)26/h2-7,9-12,14,27H,8,13H2,1H3,(H,28,29). The topological polar surface area (TPSA) is 74.8 Å². The number of imidazole rings is 1. The van der Waals surface area contributed by atoms with E-state index in [9.17, 15) is 21.6 Å². The Morgan fingerprint density at radius 3 is 2.38 bits per heavy atom. The number of sulfonamides is 1. The summed E-state index contributed by atoms with van der Waals surface area (Å²) >= 11 is 0. The molecule has 0 bridgehead atoms. The maximum Gasteiger partial charge on any atom is 0.416 e. The molecule has 1 heterocycles. The van der Waals surface area contributed by atoms with Crippen LogP contribution in [0, 0.1) is 0 Å². The summed E-state index contributed by atoms with van der Waals surface area (Å²) in [5, 5.41) is 0. The van der Waals surface area contributed by atoms with Gasteiger partial charge in [-0.2, -0.15) is 13.2 Å². The van der Waals surface area contributed by atoms with Gasteiger partial charge in [0, 0.05) is 12.0 Å². The highest BCUT2D eigenvalue weighted by atomic mass is 32.2. The van der Waals surface area contributed by atoms with Crippen LogP contribution in [0.4, 0.5) is 13.2 Å². The molecule has 9 heteroatoms. The van der Waals surface area contributed by atoms with E-state index in [1.54, 1.807) is 24.3 Å². The van der Waals surface area contributed by atoms with Crippen LogP contribution in [0.1, 0.15) is 17.0 Å². The molecule has 0 saturated carbocycles. The third kappa shape index (κ3) is 4.53. The van der Waals surface area contributed by atoms with Gasteiger partial charge in [-0.1, -0.05) is 36.4 Å². The number of halogens is 3. The number of nitrogens with one attached hydrogen (secondary N) is 2. The second kappa shape index (κ2) is 8.40. The van der Waals surface area contributed by atoms with Crippen molar-refractivity contribution in [1.29, 1.82) is 0 Å². The predicted molar refractivity (Wildman–Crippen MR) is 117 cm³/mol. The lowest BCUT2D eigenvalue weighted by Gasteiger charge is -2.09. The minimum absolute atomic E-state index is 0.180. The van der Waals surface area contributed by atoms with E-state index in [1.165, 1.54) is 19.2 Å². The number of aryl methyl sites for hydroxylation is 2. The van der Waals surface area contributed by atoms with Crippen molar-refractivity contribution in [3.63, 3.8) is 0 Å². The van der Waals surface area contributed by atoms with Crippen molar-refractivity contribution in [2.24, 2.45) is 0 Å². The van der Waals surface area contributed by atoms with Crippen LogP contribution in [0.25, 0.3) is 22.2 Å². The van der Waals surface area contributed by atoms with Gasteiger partial charge in [0.25, 0.3) is 0 Å². The molecule has 1 aromatic heterocycles. The third-order valence-electron chi connectivity index (χ3n) is 5.22. The molecule has 2 N–H and O–H groups in total. The van der Waals surface area contributed by atoms with E-state index in [0.29, 0.717) is 35.3 Å². The van der Waals surface area contributed by atoms with E-state index in [-0.39, 0.29) is 4.90 Å². The Morgan fingerprint density at radius 1 is 0.969 bits per heavy atom. The van der Waals surface area contributed by atoms with Crippen LogP contribution in [-0.4, -0.2) is 25.4 Å². The SMILES string of the molecule is CNS(=O)(=O)c1ccccc1-c1ccc2[nH]c(CCc3ccc(C(F)(F)F)cc3)nc2c1. The summed E-state index contributed by atoms with van der Waals surface area (Å²) in [5.74, 6) is 0.702. The lowest BCUT2D eigenvalue weighted by molar-refractivity contribution is -0.137. The first-order valence-corrected chi connectivity index (χ1v) is 11.3. The number of fused-ring (bicyclic) bond motifs is 1. The van der Waals surface area contributed by atoms with E-state index in [2.05, 4.69) is 14.7 Å². The molecule has 3 aromatic carbocycles. The smallest absolute Gasteiger partial charge is 0.342 e. The number of rotatable bonds is 6. The summed E-state index contributed by atoms with van der Waals surface area (Å²) in [6.45, 7) is 0. The minimum atomic E-state index is -4.35. The molecule has 0 spiro atoms. The van der Waals surface area contributed by atoms with Crippen molar-refractivity contribution in [2.45, 2.75) is 23.9 Å². The highest BCUT2D eigenvalue weighted by Gasteiger charge is 2.29. The maximum absolute atomic E-state index is 12.7. The van der Waals surface area contributed by atoms with Crippen LogP contribution in [0.3, 0.4) is 0 Å². The molecule has 4 rings (SSSR count). The van der Waals surface area contributed by atoms with Crippen molar-refractivity contribution in [2.75, 3.05) is 7.05 Å². The summed E-state index contributed by atoms with van der Waals surface area (Å²) in [5.41, 5.74) is 2.88. The molecule has 0 fully saturated rings. The summed E-state index contributed by atoms with van der Waals surface area (Å²) in [4.78, 5) is 7.98. The van der Waals surface area contributed by atoms with Crippen LogP contribution in [0.2, 0.25) is 0 Å². The monoisotopic (exact) mass is 459 g/mol. The van der Waals surface area contributed by atoms with Gasteiger partial charge in [0.15, 0.2) is 0 Å². The quantitative estimate of drug-likeness (QED) is 0.429. The number of aromatic amines is 1. The largest absolute Gasteiger partial charge is 0.416 e. The van der Waals surface area contributed by atoms with Gasteiger partial charge in [-0.15, -0.1) is 0 Å². The van der Waals surface area contributed by atoms with Crippen molar-refractivity contribution >= 4 is 21.1 Å². The van der Waals surface area contributed by atoms with E-state index >= 15 is 0 Å². The Morgan fingerprint density at radius 2 is 1.69 bits per heavy atom. The van der Waals surface area contributed by atoms with Crippen molar-refractivity contribution in [3.05, 3.63) is 83.7 Å². The fourth-order valence-corrected chi connectivity index (χ4v) is 4.47. The number of hydrogen-bond donors (Lipinski definition) is 2. The molecule has 0 aliphatic rings. The minimum Gasteiger partial charge on any atom is -0.342 e. The van der Waals surface area contributed by atoms with Gasteiger partial charge in [-0.3, -0.25) is 0 Å². The van der Waals surface area contributed by atoms with E-state index in [1.807, 2.05) is 18.2 Å². The molecule has 0 aliphatic carbocycles. The molecule has 0 radical (unpaired) electrons. The Labute approximate surface area is 183 Å².